The molecule has 1 aliphatic rings. The number of rotatable bonds is 4. The highest BCUT2D eigenvalue weighted by molar-refractivity contribution is 7.99. The normalized spacial score (nSPS) is 16.1. The van der Waals surface area contributed by atoms with Crippen molar-refractivity contribution < 1.29 is 9.47 Å². The minimum absolute atomic E-state index is 0.292. The maximum atomic E-state index is 5.31. The lowest BCUT2D eigenvalue weighted by molar-refractivity contribution is 0.414. The van der Waals surface area contributed by atoms with E-state index in [4.69, 9.17) is 14.5 Å². The van der Waals surface area contributed by atoms with Crippen LogP contribution in [0.2, 0.25) is 0 Å². The van der Waals surface area contributed by atoms with Gasteiger partial charge in [0.25, 0.3) is 0 Å². The van der Waals surface area contributed by atoms with E-state index in [1.807, 2.05) is 42.1 Å². The molecule has 0 radical (unpaired) electrons. The molecule has 0 unspecified atom stereocenters. The molecule has 1 aliphatic heterocycles. The molecule has 1 atom stereocenters. The van der Waals surface area contributed by atoms with Gasteiger partial charge in [-0.2, -0.15) is 0 Å². The number of fused-ring (bicyclic) bond motifs is 1. The lowest BCUT2D eigenvalue weighted by Gasteiger charge is -2.16. The third kappa shape index (κ3) is 3.86. The second-order valence-corrected chi connectivity index (χ2v) is 7.58. The summed E-state index contributed by atoms with van der Waals surface area (Å²) in [5, 5.41) is 0.292. The van der Waals surface area contributed by atoms with Gasteiger partial charge < -0.3 is 9.47 Å². The molecule has 0 N–H and O–H groups in total. The lowest BCUT2D eigenvalue weighted by Crippen LogP contribution is -2.05. The van der Waals surface area contributed by atoms with E-state index in [1.165, 1.54) is 10.5 Å². The molecule has 4 heteroatoms. The highest BCUT2D eigenvalue weighted by Crippen LogP contribution is 2.45. The molecule has 0 spiro atoms. The van der Waals surface area contributed by atoms with Gasteiger partial charge in [0.05, 0.1) is 19.9 Å². The van der Waals surface area contributed by atoms with Gasteiger partial charge in [-0.25, -0.2) is 0 Å². The molecule has 27 heavy (non-hydrogen) atoms. The SMILES string of the molecule is COc1ccc(C2=Nc3ccccc3S[C@H](c3ccc(OC)cc3)C2)cc1. The standard InChI is InChI=1S/C23H21NO2S/c1-25-18-11-7-16(8-12-18)21-15-23(17-9-13-19(26-2)14-10-17)27-22-6-4-3-5-20(22)24-21/h3-14,23H,15H2,1-2H3/t23-/m0/s1. The minimum Gasteiger partial charge on any atom is -0.497 e. The van der Waals surface area contributed by atoms with Crippen LogP contribution in [0.15, 0.2) is 82.7 Å². The zero-order valence-corrected chi connectivity index (χ0v) is 16.2. The number of hydrogen-bond acceptors (Lipinski definition) is 4. The summed E-state index contributed by atoms with van der Waals surface area (Å²) in [5.41, 5.74) is 4.53. The smallest absolute Gasteiger partial charge is 0.118 e. The van der Waals surface area contributed by atoms with Gasteiger partial charge in [-0.3, -0.25) is 4.99 Å². The van der Waals surface area contributed by atoms with E-state index >= 15 is 0 Å². The summed E-state index contributed by atoms with van der Waals surface area (Å²) >= 11 is 1.87. The van der Waals surface area contributed by atoms with E-state index in [9.17, 15) is 0 Å². The van der Waals surface area contributed by atoms with Crippen LogP contribution in [0.3, 0.4) is 0 Å². The van der Waals surface area contributed by atoms with E-state index in [0.29, 0.717) is 5.25 Å². The zero-order chi connectivity index (χ0) is 18.6. The summed E-state index contributed by atoms with van der Waals surface area (Å²) in [6.07, 6.45) is 0.859. The van der Waals surface area contributed by atoms with Crippen molar-refractivity contribution in [3.05, 3.63) is 83.9 Å². The number of nitrogens with zero attached hydrogens (tertiary/aromatic N) is 1. The van der Waals surface area contributed by atoms with Crippen LogP contribution in [0.25, 0.3) is 0 Å². The Hall–Kier alpha value is -2.72. The highest BCUT2D eigenvalue weighted by Gasteiger charge is 2.22. The van der Waals surface area contributed by atoms with Crippen LogP contribution in [0.5, 0.6) is 11.5 Å². The molecule has 3 nitrogen and oxygen atoms in total. The van der Waals surface area contributed by atoms with Crippen LogP contribution in [0.4, 0.5) is 5.69 Å². The van der Waals surface area contributed by atoms with Crippen LogP contribution in [-0.4, -0.2) is 19.9 Å². The monoisotopic (exact) mass is 375 g/mol. The molecule has 0 bridgehead atoms. The minimum atomic E-state index is 0.292. The number of aliphatic imine (C=N–C) groups is 1. The molecule has 136 valence electrons. The van der Waals surface area contributed by atoms with Crippen LogP contribution < -0.4 is 9.47 Å². The van der Waals surface area contributed by atoms with Gasteiger partial charge in [0.15, 0.2) is 0 Å². The van der Waals surface area contributed by atoms with Gasteiger partial charge in [0.1, 0.15) is 11.5 Å². The maximum Gasteiger partial charge on any atom is 0.118 e. The molecule has 0 aromatic heterocycles. The zero-order valence-electron chi connectivity index (χ0n) is 15.4. The Morgan fingerprint density at radius 2 is 1.44 bits per heavy atom. The summed E-state index contributed by atoms with van der Waals surface area (Å²) in [4.78, 5) is 6.21. The largest absolute Gasteiger partial charge is 0.497 e. The third-order valence-corrected chi connectivity index (χ3v) is 6.00. The maximum absolute atomic E-state index is 5.31. The molecule has 0 amide bonds. The summed E-state index contributed by atoms with van der Waals surface area (Å²) in [5.74, 6) is 1.73. The average molecular weight is 375 g/mol. The van der Waals surface area contributed by atoms with Crippen molar-refractivity contribution in [3.8, 4) is 11.5 Å². The fourth-order valence-corrected chi connectivity index (χ4v) is 4.41. The predicted octanol–water partition coefficient (Wildman–Crippen LogP) is 6.06. The lowest BCUT2D eigenvalue weighted by atomic mass is 10.0. The molecule has 0 fully saturated rings. The fraction of sp³-hybridized carbons (Fsp3) is 0.174. The molecule has 0 aliphatic carbocycles. The summed E-state index contributed by atoms with van der Waals surface area (Å²) in [7, 11) is 3.38. The first-order valence-electron chi connectivity index (χ1n) is 8.88. The van der Waals surface area contributed by atoms with Crippen LogP contribution in [0.1, 0.15) is 22.8 Å². The Balaban J connectivity index is 1.73. The summed E-state index contributed by atoms with van der Waals surface area (Å²) in [6, 6.07) is 24.9. The number of thioether (sulfide) groups is 1. The third-order valence-electron chi connectivity index (χ3n) is 4.68. The summed E-state index contributed by atoms with van der Waals surface area (Å²) in [6.45, 7) is 0. The van der Waals surface area contributed by atoms with Crippen LogP contribution >= 0.6 is 11.8 Å². The van der Waals surface area contributed by atoms with Crippen molar-refractivity contribution in [1.29, 1.82) is 0 Å². The molecule has 3 aromatic rings. The number of benzene rings is 3. The average Bonchev–Trinajstić information content (AvgIpc) is 2.93. The van der Waals surface area contributed by atoms with Gasteiger partial charge in [-0.1, -0.05) is 24.3 Å². The summed E-state index contributed by atoms with van der Waals surface area (Å²) < 4.78 is 10.6. The van der Waals surface area contributed by atoms with Gasteiger partial charge in [0, 0.05) is 22.3 Å². The first kappa shape index (κ1) is 17.7. The molecule has 0 saturated heterocycles. The number of ether oxygens (including phenoxy) is 2. The van der Waals surface area contributed by atoms with Crippen molar-refractivity contribution in [3.63, 3.8) is 0 Å². The first-order valence-corrected chi connectivity index (χ1v) is 9.76. The van der Waals surface area contributed by atoms with E-state index in [-0.39, 0.29) is 0 Å². The van der Waals surface area contributed by atoms with E-state index in [2.05, 4.69) is 42.5 Å². The van der Waals surface area contributed by atoms with Gasteiger partial charge in [0.2, 0.25) is 0 Å². The molecule has 4 rings (SSSR count). The predicted molar refractivity (Wildman–Crippen MR) is 112 cm³/mol. The highest BCUT2D eigenvalue weighted by atomic mass is 32.2. The van der Waals surface area contributed by atoms with E-state index in [1.54, 1.807) is 14.2 Å². The van der Waals surface area contributed by atoms with Crippen molar-refractivity contribution in [2.75, 3.05) is 14.2 Å². The van der Waals surface area contributed by atoms with Crippen molar-refractivity contribution in [2.45, 2.75) is 16.6 Å². The van der Waals surface area contributed by atoms with Crippen molar-refractivity contribution in [1.82, 2.24) is 0 Å². The first-order chi connectivity index (χ1) is 13.3. The molecule has 3 aromatic carbocycles. The second kappa shape index (κ2) is 7.89. The molecular formula is C23H21NO2S. The topological polar surface area (TPSA) is 30.8 Å². The quantitative estimate of drug-likeness (QED) is 0.555. The molecule has 0 saturated carbocycles. The van der Waals surface area contributed by atoms with Crippen LogP contribution in [0, 0.1) is 0 Å². The molecular weight excluding hydrogens is 354 g/mol. The van der Waals surface area contributed by atoms with Gasteiger partial charge in [-0.15, -0.1) is 11.8 Å². The fourth-order valence-electron chi connectivity index (χ4n) is 3.18. The van der Waals surface area contributed by atoms with E-state index in [0.717, 1.165) is 34.9 Å². The van der Waals surface area contributed by atoms with Crippen LogP contribution in [-0.2, 0) is 0 Å². The van der Waals surface area contributed by atoms with Crippen molar-refractivity contribution in [2.24, 2.45) is 4.99 Å². The Labute approximate surface area is 164 Å². The Morgan fingerprint density at radius 3 is 2.11 bits per heavy atom. The Kier molecular flexibility index (Phi) is 5.16. The molecule has 1 heterocycles. The Morgan fingerprint density at radius 1 is 0.815 bits per heavy atom. The number of hydrogen-bond donors (Lipinski definition) is 0. The van der Waals surface area contributed by atoms with E-state index < -0.39 is 0 Å². The number of methoxy groups -OCH3 is 2. The number of para-hydroxylation sites is 1. The van der Waals surface area contributed by atoms with Gasteiger partial charge in [-0.05, 0) is 59.7 Å². The second-order valence-electron chi connectivity index (χ2n) is 6.34. The van der Waals surface area contributed by atoms with Crippen molar-refractivity contribution >= 4 is 23.2 Å². The van der Waals surface area contributed by atoms with Gasteiger partial charge >= 0.3 is 0 Å². The Bertz CT molecular complexity index is 949.